The summed E-state index contributed by atoms with van der Waals surface area (Å²) in [4.78, 5) is -0.00817. The first kappa shape index (κ1) is 16.1. The summed E-state index contributed by atoms with van der Waals surface area (Å²) in [7, 11) is -0.923. The van der Waals surface area contributed by atoms with Crippen molar-refractivity contribution in [2.45, 2.75) is 31.2 Å². The van der Waals surface area contributed by atoms with Crippen LogP contribution in [-0.2, 0) is 10.0 Å². The highest BCUT2D eigenvalue weighted by atomic mass is 35.5. The van der Waals surface area contributed by atoms with Crippen LogP contribution in [0.25, 0.3) is 0 Å². The van der Waals surface area contributed by atoms with Gasteiger partial charge in [0.2, 0.25) is 10.0 Å². The first-order valence-electron chi connectivity index (χ1n) is 5.56. The Balaban J connectivity index is 3.40. The largest absolute Gasteiger partial charge is 0.495 e. The maximum absolute atomic E-state index is 12.3. The quantitative estimate of drug-likeness (QED) is 0.928. The van der Waals surface area contributed by atoms with Crippen LogP contribution in [0, 0.1) is 0 Å². The average Bonchev–Trinajstić information content (AvgIpc) is 2.24. The number of nitrogens with one attached hydrogen (secondary N) is 1. The van der Waals surface area contributed by atoms with Crippen LogP contribution < -0.4 is 14.2 Å². The minimum absolute atomic E-state index is 0.00817. The van der Waals surface area contributed by atoms with E-state index < -0.39 is 15.6 Å². The predicted molar refractivity (Wildman–Crippen MR) is 74.6 cm³/mol. The fourth-order valence-electron chi connectivity index (χ4n) is 1.50. The van der Waals surface area contributed by atoms with Crippen LogP contribution in [0.5, 0.6) is 11.5 Å². The number of hydrogen-bond donors (Lipinski definition) is 1. The van der Waals surface area contributed by atoms with Gasteiger partial charge in [-0.25, -0.2) is 13.1 Å². The minimum Gasteiger partial charge on any atom is -0.495 e. The van der Waals surface area contributed by atoms with Crippen molar-refractivity contribution in [1.82, 2.24) is 4.72 Å². The molecule has 0 heterocycles. The molecule has 1 N–H and O–H groups in total. The molecule has 0 fully saturated rings. The summed E-state index contributed by atoms with van der Waals surface area (Å²) < 4.78 is 37.3. The summed E-state index contributed by atoms with van der Waals surface area (Å²) in [6.07, 6.45) is 0. The van der Waals surface area contributed by atoms with Gasteiger partial charge < -0.3 is 9.47 Å². The number of sulfonamides is 1. The Morgan fingerprint density at radius 1 is 1.11 bits per heavy atom. The van der Waals surface area contributed by atoms with Gasteiger partial charge in [-0.05, 0) is 20.8 Å². The SMILES string of the molecule is COc1cc(S(=O)(=O)NC(C)(C)C)c(OC)cc1Cl. The fraction of sp³-hybridized carbons (Fsp3) is 0.500. The van der Waals surface area contributed by atoms with Gasteiger partial charge in [0.1, 0.15) is 16.4 Å². The van der Waals surface area contributed by atoms with Crippen LogP contribution in [0.1, 0.15) is 20.8 Å². The summed E-state index contributed by atoms with van der Waals surface area (Å²) in [5, 5.41) is 0.286. The minimum atomic E-state index is -3.72. The Labute approximate surface area is 118 Å². The van der Waals surface area contributed by atoms with E-state index in [4.69, 9.17) is 21.1 Å². The lowest BCUT2D eigenvalue weighted by Gasteiger charge is -2.21. The third-order valence-corrected chi connectivity index (χ3v) is 4.24. The number of ether oxygens (including phenoxy) is 2. The molecule has 1 aromatic carbocycles. The molecule has 0 radical (unpaired) electrons. The topological polar surface area (TPSA) is 64.6 Å². The van der Waals surface area contributed by atoms with Gasteiger partial charge in [-0.3, -0.25) is 0 Å². The number of halogens is 1. The van der Waals surface area contributed by atoms with E-state index >= 15 is 0 Å². The molecule has 7 heteroatoms. The number of hydrogen-bond acceptors (Lipinski definition) is 4. The third-order valence-electron chi connectivity index (χ3n) is 2.17. The van der Waals surface area contributed by atoms with Crippen LogP contribution in [0.2, 0.25) is 5.02 Å². The summed E-state index contributed by atoms with van der Waals surface area (Å²) in [6, 6.07) is 2.76. The maximum atomic E-state index is 12.3. The zero-order valence-electron chi connectivity index (χ0n) is 11.6. The lowest BCUT2D eigenvalue weighted by molar-refractivity contribution is 0.391. The van der Waals surface area contributed by atoms with Crippen molar-refractivity contribution in [3.63, 3.8) is 0 Å². The van der Waals surface area contributed by atoms with E-state index in [1.54, 1.807) is 20.8 Å². The van der Waals surface area contributed by atoms with Gasteiger partial charge in [0, 0.05) is 17.7 Å². The molecule has 1 rings (SSSR count). The van der Waals surface area contributed by atoms with Crippen molar-refractivity contribution < 1.29 is 17.9 Å². The van der Waals surface area contributed by atoms with Crippen LogP contribution in [0.4, 0.5) is 0 Å². The predicted octanol–water partition coefficient (Wildman–Crippen LogP) is 2.43. The van der Waals surface area contributed by atoms with Gasteiger partial charge in [-0.2, -0.15) is 0 Å². The van der Waals surface area contributed by atoms with Crippen molar-refractivity contribution in [2.75, 3.05) is 14.2 Å². The molecule has 0 unspecified atom stereocenters. The van der Waals surface area contributed by atoms with E-state index in [1.165, 1.54) is 26.4 Å². The van der Waals surface area contributed by atoms with Crippen molar-refractivity contribution in [2.24, 2.45) is 0 Å². The van der Waals surface area contributed by atoms with E-state index in [0.29, 0.717) is 0 Å². The normalized spacial score (nSPS) is 12.3. The molecule has 108 valence electrons. The van der Waals surface area contributed by atoms with Crippen LogP contribution >= 0.6 is 11.6 Å². The molecule has 0 aromatic heterocycles. The molecule has 0 aliphatic rings. The van der Waals surface area contributed by atoms with E-state index in [2.05, 4.69) is 4.72 Å². The average molecular weight is 308 g/mol. The lowest BCUT2D eigenvalue weighted by Crippen LogP contribution is -2.40. The fourth-order valence-corrected chi connectivity index (χ4v) is 3.32. The zero-order chi connectivity index (χ0) is 14.8. The molecule has 0 aliphatic carbocycles. The Bertz CT molecular complexity index is 564. The molecular formula is C12H18ClNO4S. The zero-order valence-corrected chi connectivity index (χ0v) is 13.1. The molecule has 0 aliphatic heterocycles. The van der Waals surface area contributed by atoms with E-state index in [9.17, 15) is 8.42 Å². The molecule has 0 spiro atoms. The summed E-state index contributed by atoms with van der Waals surface area (Å²) in [5.41, 5.74) is -0.600. The van der Waals surface area contributed by atoms with Gasteiger partial charge in [-0.1, -0.05) is 11.6 Å². The molecule has 0 bridgehead atoms. The lowest BCUT2D eigenvalue weighted by atomic mass is 10.1. The van der Waals surface area contributed by atoms with Crippen molar-refractivity contribution in [3.05, 3.63) is 17.2 Å². The maximum Gasteiger partial charge on any atom is 0.244 e. The Morgan fingerprint density at radius 3 is 2.05 bits per heavy atom. The monoisotopic (exact) mass is 307 g/mol. The summed E-state index contributed by atoms with van der Waals surface area (Å²) in [6.45, 7) is 5.26. The molecular weight excluding hydrogens is 290 g/mol. The van der Waals surface area contributed by atoms with Gasteiger partial charge in [0.05, 0.1) is 19.2 Å². The summed E-state index contributed by atoms with van der Waals surface area (Å²) in [5.74, 6) is 0.444. The summed E-state index contributed by atoms with van der Waals surface area (Å²) >= 11 is 5.94. The van der Waals surface area contributed by atoms with Crippen molar-refractivity contribution in [3.8, 4) is 11.5 Å². The number of rotatable bonds is 4. The number of methoxy groups -OCH3 is 2. The second kappa shape index (κ2) is 5.56. The van der Waals surface area contributed by atoms with Crippen LogP contribution in [0.3, 0.4) is 0 Å². The highest BCUT2D eigenvalue weighted by molar-refractivity contribution is 7.89. The third kappa shape index (κ3) is 3.99. The molecule has 0 saturated carbocycles. The van der Waals surface area contributed by atoms with E-state index in [0.717, 1.165) is 0 Å². The highest BCUT2D eigenvalue weighted by Crippen LogP contribution is 2.35. The van der Waals surface area contributed by atoms with Crippen molar-refractivity contribution in [1.29, 1.82) is 0 Å². The van der Waals surface area contributed by atoms with Crippen LogP contribution in [-0.4, -0.2) is 28.2 Å². The van der Waals surface area contributed by atoms with Crippen molar-refractivity contribution >= 4 is 21.6 Å². The molecule has 19 heavy (non-hydrogen) atoms. The highest BCUT2D eigenvalue weighted by Gasteiger charge is 2.26. The molecule has 1 aromatic rings. The van der Waals surface area contributed by atoms with Crippen LogP contribution in [0.15, 0.2) is 17.0 Å². The molecule has 0 saturated heterocycles. The van der Waals surface area contributed by atoms with E-state index in [-0.39, 0.29) is 21.4 Å². The number of benzene rings is 1. The second-order valence-electron chi connectivity index (χ2n) is 4.99. The Morgan fingerprint density at radius 2 is 1.63 bits per heavy atom. The Kier molecular flexibility index (Phi) is 4.71. The first-order valence-corrected chi connectivity index (χ1v) is 7.42. The standard InChI is InChI=1S/C12H18ClNO4S/c1-12(2,3)14-19(15,16)11-7-9(17-4)8(13)6-10(11)18-5/h6-7,14H,1-5H3. The smallest absolute Gasteiger partial charge is 0.244 e. The Hall–Kier alpha value is -0.980. The van der Waals surface area contributed by atoms with Gasteiger partial charge in [-0.15, -0.1) is 0 Å². The molecule has 5 nitrogen and oxygen atoms in total. The molecule has 0 amide bonds. The first-order chi connectivity index (χ1) is 8.60. The second-order valence-corrected chi connectivity index (χ2v) is 7.05. The van der Waals surface area contributed by atoms with Gasteiger partial charge >= 0.3 is 0 Å². The van der Waals surface area contributed by atoms with E-state index in [1.807, 2.05) is 0 Å². The van der Waals surface area contributed by atoms with Gasteiger partial charge in [0.25, 0.3) is 0 Å². The molecule has 0 atom stereocenters. The van der Waals surface area contributed by atoms with Gasteiger partial charge in [0.15, 0.2) is 0 Å².